The fourth-order valence-electron chi connectivity index (χ4n) is 2.82. The van der Waals surface area contributed by atoms with Gasteiger partial charge in [-0.15, -0.1) is 0 Å². The number of nitriles is 1. The second-order valence-corrected chi connectivity index (χ2v) is 6.51. The average Bonchev–Trinajstić information content (AvgIpc) is 2.73. The second-order valence-electron chi connectivity index (χ2n) is 6.51. The lowest BCUT2D eigenvalue weighted by atomic mass is 10.1. The summed E-state index contributed by atoms with van der Waals surface area (Å²) in [5, 5.41) is 11.2. The highest BCUT2D eigenvalue weighted by Gasteiger charge is 2.07. The van der Waals surface area contributed by atoms with Gasteiger partial charge in [-0.3, -0.25) is 4.79 Å². The first kappa shape index (κ1) is 22.1. The molecule has 1 amide bonds. The third kappa shape index (κ3) is 7.74. The Balaban J connectivity index is 1.82. The number of hydrogen-bond donors (Lipinski definition) is 1. The number of hydrogen-bond acceptors (Lipinski definition) is 5. The van der Waals surface area contributed by atoms with E-state index in [0.29, 0.717) is 37.7 Å². The molecule has 0 saturated carbocycles. The number of benzene rings is 2. The molecule has 2 aromatic rings. The Labute approximate surface area is 172 Å². The molecule has 0 spiro atoms. The fraction of sp³-hybridized carbons (Fsp3) is 0.391. The molecule has 2 rings (SSSR count). The summed E-state index contributed by atoms with van der Waals surface area (Å²) in [7, 11) is 1.60. The van der Waals surface area contributed by atoms with Crippen LogP contribution in [-0.4, -0.2) is 32.8 Å². The van der Waals surface area contributed by atoms with Gasteiger partial charge in [-0.25, -0.2) is 0 Å². The molecule has 0 aliphatic rings. The molecule has 0 aromatic heterocycles. The van der Waals surface area contributed by atoms with E-state index >= 15 is 0 Å². The van der Waals surface area contributed by atoms with Gasteiger partial charge in [-0.2, -0.15) is 5.26 Å². The molecule has 0 aliphatic carbocycles. The topological polar surface area (TPSA) is 80.6 Å². The zero-order valence-electron chi connectivity index (χ0n) is 17.1. The van der Waals surface area contributed by atoms with Crippen LogP contribution in [0.2, 0.25) is 0 Å². The smallest absolute Gasteiger partial charge is 0.234 e. The lowest BCUT2D eigenvalue weighted by Gasteiger charge is -2.13. The van der Waals surface area contributed by atoms with Crippen LogP contribution >= 0.6 is 0 Å². The summed E-state index contributed by atoms with van der Waals surface area (Å²) in [5.41, 5.74) is 2.31. The Hall–Kier alpha value is -3.20. The van der Waals surface area contributed by atoms with E-state index in [1.807, 2.05) is 36.4 Å². The number of nitrogens with one attached hydrogen (secondary N) is 1. The predicted octanol–water partition coefficient (Wildman–Crippen LogP) is 3.68. The summed E-state index contributed by atoms with van der Waals surface area (Å²) < 4.78 is 16.9. The van der Waals surface area contributed by atoms with Crippen LogP contribution in [0, 0.1) is 11.3 Å². The van der Waals surface area contributed by atoms with E-state index in [-0.39, 0.29) is 12.3 Å². The monoisotopic (exact) mass is 396 g/mol. The van der Waals surface area contributed by atoms with E-state index in [0.717, 1.165) is 24.2 Å². The molecule has 6 nitrogen and oxygen atoms in total. The standard InChI is InChI=1S/C23H28N2O4/c1-3-4-18-5-8-20(9-6-18)28-15-16-29-22-17-19(7-10-21(22)27-2)12-14-25-23(26)11-13-24/h5-10,17H,3-4,11-12,14-16H2,1-2H3,(H,25,26). The Morgan fingerprint density at radius 2 is 1.72 bits per heavy atom. The average molecular weight is 396 g/mol. The van der Waals surface area contributed by atoms with E-state index in [1.165, 1.54) is 5.56 Å². The van der Waals surface area contributed by atoms with E-state index in [1.54, 1.807) is 7.11 Å². The summed E-state index contributed by atoms with van der Waals surface area (Å²) >= 11 is 0. The minimum absolute atomic E-state index is 0.127. The largest absolute Gasteiger partial charge is 0.493 e. The first-order valence-corrected chi connectivity index (χ1v) is 9.81. The highest BCUT2D eigenvalue weighted by atomic mass is 16.5. The second kappa shape index (κ2) is 12.3. The van der Waals surface area contributed by atoms with E-state index in [9.17, 15) is 4.79 Å². The highest BCUT2D eigenvalue weighted by Crippen LogP contribution is 2.28. The maximum absolute atomic E-state index is 11.4. The van der Waals surface area contributed by atoms with Crippen molar-refractivity contribution in [3.05, 3.63) is 53.6 Å². The summed E-state index contributed by atoms with van der Waals surface area (Å²) in [5.74, 6) is 1.83. The van der Waals surface area contributed by atoms with Crippen molar-refractivity contribution in [1.29, 1.82) is 5.26 Å². The molecule has 0 heterocycles. The molecular weight excluding hydrogens is 368 g/mol. The fourth-order valence-corrected chi connectivity index (χ4v) is 2.82. The van der Waals surface area contributed by atoms with Crippen LogP contribution in [0.5, 0.6) is 17.2 Å². The van der Waals surface area contributed by atoms with Crippen molar-refractivity contribution in [3.63, 3.8) is 0 Å². The maximum Gasteiger partial charge on any atom is 0.234 e. The lowest BCUT2D eigenvalue weighted by Crippen LogP contribution is -2.24. The highest BCUT2D eigenvalue weighted by molar-refractivity contribution is 5.77. The number of methoxy groups -OCH3 is 1. The van der Waals surface area contributed by atoms with Crippen molar-refractivity contribution in [2.24, 2.45) is 0 Å². The van der Waals surface area contributed by atoms with Gasteiger partial charge in [0.15, 0.2) is 11.5 Å². The number of amides is 1. The zero-order chi connectivity index (χ0) is 20.9. The molecule has 0 bridgehead atoms. The third-order valence-electron chi connectivity index (χ3n) is 4.28. The molecule has 154 valence electrons. The van der Waals surface area contributed by atoms with Crippen LogP contribution in [-0.2, 0) is 17.6 Å². The minimum Gasteiger partial charge on any atom is -0.493 e. The van der Waals surface area contributed by atoms with Gasteiger partial charge in [0.1, 0.15) is 25.4 Å². The van der Waals surface area contributed by atoms with E-state index in [4.69, 9.17) is 19.5 Å². The summed E-state index contributed by atoms with van der Waals surface area (Å²) in [6.07, 6.45) is 2.71. The van der Waals surface area contributed by atoms with Crippen molar-refractivity contribution in [2.45, 2.75) is 32.6 Å². The van der Waals surface area contributed by atoms with Gasteiger partial charge < -0.3 is 19.5 Å². The molecule has 1 N–H and O–H groups in total. The van der Waals surface area contributed by atoms with Crippen molar-refractivity contribution in [1.82, 2.24) is 5.32 Å². The van der Waals surface area contributed by atoms with Crippen molar-refractivity contribution in [3.8, 4) is 23.3 Å². The minimum atomic E-state index is -0.266. The molecule has 0 unspecified atom stereocenters. The van der Waals surface area contributed by atoms with Crippen LogP contribution in [0.1, 0.15) is 30.9 Å². The maximum atomic E-state index is 11.4. The van der Waals surface area contributed by atoms with Crippen molar-refractivity contribution in [2.75, 3.05) is 26.9 Å². The van der Waals surface area contributed by atoms with Gasteiger partial charge in [0.05, 0.1) is 13.2 Å². The molecule has 2 aromatic carbocycles. The summed E-state index contributed by atoms with van der Waals surface area (Å²) in [6.45, 7) is 3.43. The molecule has 29 heavy (non-hydrogen) atoms. The first-order chi connectivity index (χ1) is 14.2. The third-order valence-corrected chi connectivity index (χ3v) is 4.28. The van der Waals surface area contributed by atoms with Gasteiger partial charge in [-0.05, 0) is 48.2 Å². The molecule has 0 saturated heterocycles. The molecule has 0 radical (unpaired) electrons. The van der Waals surface area contributed by atoms with Crippen LogP contribution in [0.15, 0.2) is 42.5 Å². The normalized spacial score (nSPS) is 10.1. The Kier molecular flexibility index (Phi) is 9.37. The van der Waals surface area contributed by atoms with Gasteiger partial charge in [0.25, 0.3) is 0 Å². The Bertz CT molecular complexity index is 813. The summed E-state index contributed by atoms with van der Waals surface area (Å²) in [6, 6.07) is 15.6. The molecule has 0 fully saturated rings. The molecular formula is C23H28N2O4. The van der Waals surface area contributed by atoms with E-state index < -0.39 is 0 Å². The SMILES string of the molecule is CCCc1ccc(OCCOc2cc(CCNC(=O)CC#N)ccc2OC)cc1. The lowest BCUT2D eigenvalue weighted by molar-refractivity contribution is -0.120. The van der Waals surface area contributed by atoms with Crippen molar-refractivity contribution < 1.29 is 19.0 Å². The first-order valence-electron chi connectivity index (χ1n) is 9.81. The number of aryl methyl sites for hydroxylation is 1. The van der Waals surface area contributed by atoms with Crippen LogP contribution in [0.25, 0.3) is 0 Å². The molecule has 0 aliphatic heterocycles. The Morgan fingerprint density at radius 3 is 2.41 bits per heavy atom. The number of ether oxygens (including phenoxy) is 3. The van der Waals surface area contributed by atoms with Gasteiger partial charge in [0.2, 0.25) is 5.91 Å². The predicted molar refractivity (Wildman–Crippen MR) is 111 cm³/mol. The van der Waals surface area contributed by atoms with Gasteiger partial charge in [-0.1, -0.05) is 31.5 Å². The van der Waals surface area contributed by atoms with Crippen LogP contribution in [0.3, 0.4) is 0 Å². The van der Waals surface area contributed by atoms with Crippen LogP contribution in [0.4, 0.5) is 0 Å². The number of carbonyl (C=O) groups is 1. The van der Waals surface area contributed by atoms with Crippen molar-refractivity contribution >= 4 is 5.91 Å². The molecule has 0 atom stereocenters. The van der Waals surface area contributed by atoms with Gasteiger partial charge >= 0.3 is 0 Å². The Morgan fingerprint density at radius 1 is 1.00 bits per heavy atom. The number of nitrogens with zero attached hydrogens (tertiary/aromatic N) is 1. The number of rotatable bonds is 12. The van der Waals surface area contributed by atoms with E-state index in [2.05, 4.69) is 24.4 Å². The summed E-state index contributed by atoms with van der Waals surface area (Å²) in [4.78, 5) is 11.4. The van der Waals surface area contributed by atoms with Gasteiger partial charge in [0, 0.05) is 6.54 Å². The number of carbonyl (C=O) groups excluding carboxylic acids is 1. The quantitative estimate of drug-likeness (QED) is 0.554. The molecule has 6 heteroatoms. The zero-order valence-corrected chi connectivity index (χ0v) is 17.1. The van der Waals surface area contributed by atoms with Crippen LogP contribution < -0.4 is 19.5 Å².